The van der Waals surface area contributed by atoms with Gasteiger partial charge in [-0.3, -0.25) is 0 Å². The van der Waals surface area contributed by atoms with E-state index in [2.05, 4.69) is 19.7 Å². The Hall–Kier alpha value is -0.963. The van der Waals surface area contributed by atoms with Crippen LogP contribution in [0.5, 0.6) is 0 Å². The van der Waals surface area contributed by atoms with Crippen molar-refractivity contribution in [2.75, 3.05) is 0 Å². The molecule has 0 unspecified atom stereocenters. The third kappa shape index (κ3) is 5.48. The van der Waals surface area contributed by atoms with E-state index in [-0.39, 0.29) is 0 Å². The predicted molar refractivity (Wildman–Crippen MR) is 49.1 cm³/mol. The van der Waals surface area contributed by atoms with Crippen LogP contribution in [0.15, 0.2) is 37.0 Å². The standard InChI is InChI=1S/C8H14O2Si/c1-6-11(9-7(2)3)10-8(4)5/h6,11H,1-2,4H2,3,5H3. The molecule has 0 spiro atoms. The lowest BCUT2D eigenvalue weighted by Crippen LogP contribution is -2.17. The van der Waals surface area contributed by atoms with E-state index in [1.807, 2.05) is 0 Å². The first kappa shape index (κ1) is 10.0. The molecule has 0 N–H and O–H groups in total. The summed E-state index contributed by atoms with van der Waals surface area (Å²) < 4.78 is 10.5. The van der Waals surface area contributed by atoms with Gasteiger partial charge in [0.25, 0.3) is 0 Å². The summed E-state index contributed by atoms with van der Waals surface area (Å²) in [6.45, 7) is 14.4. The smallest absolute Gasteiger partial charge is 0.470 e. The lowest BCUT2D eigenvalue weighted by molar-refractivity contribution is 0.310. The fraction of sp³-hybridized carbons (Fsp3) is 0.250. The van der Waals surface area contributed by atoms with Gasteiger partial charge in [0, 0.05) is 0 Å². The van der Waals surface area contributed by atoms with Gasteiger partial charge < -0.3 is 8.85 Å². The Morgan fingerprint density at radius 2 is 1.55 bits per heavy atom. The first-order valence-corrected chi connectivity index (χ1v) is 4.94. The van der Waals surface area contributed by atoms with Gasteiger partial charge in [-0.25, -0.2) is 0 Å². The van der Waals surface area contributed by atoms with Gasteiger partial charge in [-0.15, -0.1) is 6.58 Å². The molecule has 11 heavy (non-hydrogen) atoms. The van der Waals surface area contributed by atoms with Crippen molar-refractivity contribution in [3.05, 3.63) is 37.0 Å². The number of hydrogen-bond acceptors (Lipinski definition) is 2. The van der Waals surface area contributed by atoms with Gasteiger partial charge in [-0.2, -0.15) is 0 Å². The van der Waals surface area contributed by atoms with Gasteiger partial charge in [0.05, 0.1) is 11.5 Å². The van der Waals surface area contributed by atoms with Gasteiger partial charge in [0.15, 0.2) is 0 Å². The van der Waals surface area contributed by atoms with Gasteiger partial charge in [0.2, 0.25) is 0 Å². The Bertz CT molecular complexity index is 159. The molecule has 0 aliphatic heterocycles. The maximum absolute atomic E-state index is 5.25. The van der Waals surface area contributed by atoms with Crippen molar-refractivity contribution in [3.8, 4) is 0 Å². The lowest BCUT2D eigenvalue weighted by Gasteiger charge is -2.14. The molecule has 0 aliphatic rings. The molecule has 0 aromatic carbocycles. The Balaban J connectivity index is 3.85. The summed E-state index contributed by atoms with van der Waals surface area (Å²) in [6.07, 6.45) is 0. The minimum absolute atomic E-state index is 0.655. The van der Waals surface area contributed by atoms with Gasteiger partial charge >= 0.3 is 9.28 Å². The zero-order chi connectivity index (χ0) is 8.85. The van der Waals surface area contributed by atoms with Gasteiger partial charge in [0.1, 0.15) is 0 Å². The molecule has 0 atom stereocenters. The second kappa shape index (κ2) is 4.79. The normalized spacial score (nSPS) is 9.00. The molecule has 3 heteroatoms. The second-order valence-electron chi connectivity index (χ2n) is 2.24. The van der Waals surface area contributed by atoms with Crippen LogP contribution in [-0.4, -0.2) is 9.28 Å². The van der Waals surface area contributed by atoms with Crippen LogP contribution in [0.4, 0.5) is 0 Å². The van der Waals surface area contributed by atoms with Crippen LogP contribution in [0.1, 0.15) is 13.8 Å². The summed E-state index contributed by atoms with van der Waals surface area (Å²) in [7, 11) is -1.76. The van der Waals surface area contributed by atoms with Crippen molar-refractivity contribution in [2.24, 2.45) is 0 Å². The van der Waals surface area contributed by atoms with E-state index >= 15 is 0 Å². The van der Waals surface area contributed by atoms with Crippen LogP contribution in [-0.2, 0) is 8.85 Å². The maximum atomic E-state index is 5.25. The molecule has 0 radical (unpaired) electrons. The Labute approximate surface area is 69.7 Å². The highest BCUT2D eigenvalue weighted by atomic mass is 28.3. The fourth-order valence-electron chi connectivity index (χ4n) is 0.517. The molecule has 0 aliphatic carbocycles. The number of hydrogen-bond donors (Lipinski definition) is 0. The van der Waals surface area contributed by atoms with Crippen molar-refractivity contribution in [1.82, 2.24) is 0 Å². The van der Waals surface area contributed by atoms with E-state index in [1.165, 1.54) is 0 Å². The summed E-state index contributed by atoms with van der Waals surface area (Å²) in [5, 5.41) is 0. The average molecular weight is 170 g/mol. The van der Waals surface area contributed by atoms with E-state index in [0.29, 0.717) is 11.5 Å². The zero-order valence-corrected chi connectivity index (χ0v) is 8.25. The van der Waals surface area contributed by atoms with Crippen LogP contribution in [0.2, 0.25) is 0 Å². The topological polar surface area (TPSA) is 18.5 Å². The van der Waals surface area contributed by atoms with Gasteiger partial charge in [-0.1, -0.05) is 13.2 Å². The highest BCUT2D eigenvalue weighted by Crippen LogP contribution is 2.02. The summed E-state index contributed by atoms with van der Waals surface area (Å²) in [5.41, 5.74) is 1.68. The zero-order valence-electron chi connectivity index (χ0n) is 7.09. The minimum Gasteiger partial charge on any atom is -0.516 e. The van der Waals surface area contributed by atoms with E-state index in [0.717, 1.165) is 0 Å². The highest BCUT2D eigenvalue weighted by molar-refractivity contribution is 6.51. The first-order valence-electron chi connectivity index (χ1n) is 3.33. The Kier molecular flexibility index (Phi) is 4.37. The molecule has 0 fully saturated rings. The lowest BCUT2D eigenvalue weighted by atomic mass is 10.7. The maximum Gasteiger partial charge on any atom is 0.470 e. The van der Waals surface area contributed by atoms with E-state index in [9.17, 15) is 0 Å². The summed E-state index contributed by atoms with van der Waals surface area (Å²) in [5.74, 6) is 1.31. The van der Waals surface area contributed by atoms with E-state index in [4.69, 9.17) is 8.85 Å². The van der Waals surface area contributed by atoms with Crippen molar-refractivity contribution in [2.45, 2.75) is 13.8 Å². The third-order valence-electron chi connectivity index (χ3n) is 0.827. The molecule has 0 rings (SSSR count). The molecule has 0 heterocycles. The highest BCUT2D eigenvalue weighted by Gasteiger charge is 2.09. The predicted octanol–water partition coefficient (Wildman–Crippen LogP) is 2.03. The van der Waals surface area contributed by atoms with Crippen molar-refractivity contribution in [1.29, 1.82) is 0 Å². The Morgan fingerprint density at radius 3 is 1.73 bits per heavy atom. The van der Waals surface area contributed by atoms with E-state index < -0.39 is 9.28 Å². The van der Waals surface area contributed by atoms with Crippen molar-refractivity contribution in [3.63, 3.8) is 0 Å². The first-order chi connectivity index (χ1) is 5.06. The van der Waals surface area contributed by atoms with E-state index in [1.54, 1.807) is 19.5 Å². The van der Waals surface area contributed by atoms with Crippen molar-refractivity contribution < 1.29 is 8.85 Å². The number of rotatable bonds is 5. The van der Waals surface area contributed by atoms with Crippen LogP contribution in [0.25, 0.3) is 0 Å². The van der Waals surface area contributed by atoms with Crippen LogP contribution < -0.4 is 0 Å². The van der Waals surface area contributed by atoms with Crippen LogP contribution >= 0.6 is 0 Å². The molecular formula is C8H14O2Si. The molecule has 0 saturated carbocycles. The molecule has 62 valence electrons. The SMILES string of the molecule is C=C[SiH](OC(=C)C)OC(=C)C. The van der Waals surface area contributed by atoms with Gasteiger partial charge in [-0.05, 0) is 19.5 Å². The molecule has 0 aromatic rings. The molecule has 0 bridgehead atoms. The molecule has 0 saturated heterocycles. The molecule has 0 aromatic heterocycles. The second-order valence-corrected chi connectivity index (χ2v) is 3.92. The third-order valence-corrected chi connectivity index (χ3v) is 2.48. The molecule has 2 nitrogen and oxygen atoms in total. The largest absolute Gasteiger partial charge is 0.516 e. The molecular weight excluding hydrogens is 156 g/mol. The number of allylic oxidation sites excluding steroid dienone is 2. The summed E-state index contributed by atoms with van der Waals surface area (Å²) >= 11 is 0. The Morgan fingerprint density at radius 1 is 1.18 bits per heavy atom. The van der Waals surface area contributed by atoms with Crippen LogP contribution in [0.3, 0.4) is 0 Å². The van der Waals surface area contributed by atoms with Crippen molar-refractivity contribution >= 4 is 9.28 Å². The fourth-order valence-corrected chi connectivity index (χ4v) is 1.55. The minimum atomic E-state index is -1.76. The summed E-state index contributed by atoms with van der Waals surface area (Å²) in [4.78, 5) is 0. The van der Waals surface area contributed by atoms with Crippen LogP contribution in [0, 0.1) is 0 Å². The quantitative estimate of drug-likeness (QED) is 0.464. The monoisotopic (exact) mass is 170 g/mol. The average Bonchev–Trinajstić information content (AvgIpc) is 1.84. The molecule has 0 amide bonds. The summed E-state index contributed by atoms with van der Waals surface area (Å²) in [6, 6.07) is 0.